The van der Waals surface area contributed by atoms with Gasteiger partial charge >= 0.3 is 0 Å². The number of nitrogens with zero attached hydrogens (tertiary/aromatic N) is 5. The molecule has 0 radical (unpaired) electrons. The van der Waals surface area contributed by atoms with Gasteiger partial charge in [-0.2, -0.15) is 0 Å². The van der Waals surface area contributed by atoms with E-state index in [1.54, 1.807) is 18.7 Å². The normalized spacial score (nSPS) is 10.2. The monoisotopic (exact) mass is 205 g/mol. The maximum Gasteiger partial charge on any atom is 0.223 e. The molecule has 7 heteroatoms. The van der Waals surface area contributed by atoms with Crippen LogP contribution in [0.1, 0.15) is 5.82 Å². The van der Waals surface area contributed by atoms with Crippen LogP contribution in [0.2, 0.25) is 0 Å². The van der Waals surface area contributed by atoms with E-state index in [1.807, 2.05) is 11.6 Å². The highest BCUT2D eigenvalue weighted by molar-refractivity contribution is 5.35. The van der Waals surface area contributed by atoms with Gasteiger partial charge in [0.2, 0.25) is 5.95 Å². The van der Waals surface area contributed by atoms with E-state index >= 15 is 0 Å². The molecular weight excluding hydrogens is 194 g/mol. The molecule has 0 aliphatic carbocycles. The molecule has 0 aromatic carbocycles. The Morgan fingerprint density at radius 2 is 2.13 bits per heavy atom. The molecule has 0 fully saturated rings. The van der Waals surface area contributed by atoms with Crippen LogP contribution in [0.4, 0.5) is 11.6 Å². The Morgan fingerprint density at radius 3 is 2.73 bits per heavy atom. The van der Waals surface area contributed by atoms with Gasteiger partial charge in [0.05, 0.1) is 24.6 Å². The zero-order valence-corrected chi connectivity index (χ0v) is 8.25. The number of hydrogen-bond acceptors (Lipinski definition) is 6. The molecule has 0 spiro atoms. The molecule has 3 N–H and O–H groups in total. The van der Waals surface area contributed by atoms with Gasteiger partial charge in [0.1, 0.15) is 6.33 Å². The fourth-order valence-electron chi connectivity index (χ4n) is 1.05. The van der Waals surface area contributed by atoms with Gasteiger partial charge < -0.3 is 15.6 Å². The quantitative estimate of drug-likeness (QED) is 0.720. The second-order valence-corrected chi connectivity index (χ2v) is 3.05. The summed E-state index contributed by atoms with van der Waals surface area (Å²) in [5.74, 6) is 1.34. The fraction of sp³-hybridized carbons (Fsp3) is 0.250. The van der Waals surface area contributed by atoms with E-state index in [4.69, 9.17) is 5.73 Å². The second kappa shape index (κ2) is 3.91. The van der Waals surface area contributed by atoms with Crippen molar-refractivity contribution in [2.45, 2.75) is 6.54 Å². The topological polar surface area (TPSA) is 94.5 Å². The Kier molecular flexibility index (Phi) is 2.44. The molecule has 2 heterocycles. The molecule has 0 amide bonds. The number of nitrogens with two attached hydrogens (primary N) is 1. The first-order valence-electron chi connectivity index (χ1n) is 4.40. The van der Waals surface area contributed by atoms with Gasteiger partial charge in [0, 0.05) is 7.05 Å². The summed E-state index contributed by atoms with van der Waals surface area (Å²) in [4.78, 5) is 8.01. The van der Waals surface area contributed by atoms with Crippen LogP contribution >= 0.6 is 0 Å². The van der Waals surface area contributed by atoms with Crippen LogP contribution in [0.3, 0.4) is 0 Å². The molecule has 0 aliphatic heterocycles. The van der Waals surface area contributed by atoms with Gasteiger partial charge in [0.15, 0.2) is 5.82 Å². The fourth-order valence-corrected chi connectivity index (χ4v) is 1.05. The summed E-state index contributed by atoms with van der Waals surface area (Å²) in [7, 11) is 1.88. The zero-order valence-electron chi connectivity index (χ0n) is 8.25. The molecule has 2 aromatic heterocycles. The van der Waals surface area contributed by atoms with E-state index in [9.17, 15) is 0 Å². The number of aromatic nitrogens is 5. The molecule has 7 nitrogen and oxygen atoms in total. The van der Waals surface area contributed by atoms with Crippen molar-refractivity contribution in [2.24, 2.45) is 7.05 Å². The molecule has 0 saturated heterocycles. The lowest BCUT2D eigenvalue weighted by molar-refractivity contribution is 0.807. The van der Waals surface area contributed by atoms with Crippen LogP contribution in [0.15, 0.2) is 18.7 Å². The highest BCUT2D eigenvalue weighted by Gasteiger charge is 2.01. The third-order valence-corrected chi connectivity index (χ3v) is 1.88. The first kappa shape index (κ1) is 9.38. The number of hydrogen-bond donors (Lipinski definition) is 2. The summed E-state index contributed by atoms with van der Waals surface area (Å²) < 4.78 is 1.82. The molecular formula is C8H11N7. The van der Waals surface area contributed by atoms with Gasteiger partial charge in [-0.3, -0.25) is 0 Å². The number of nitrogen functional groups attached to an aromatic ring is 1. The highest BCUT2D eigenvalue weighted by atomic mass is 15.3. The molecule has 0 atom stereocenters. The molecule has 0 bridgehead atoms. The predicted octanol–water partition coefficient (Wildman–Crippen LogP) is -0.201. The first-order valence-corrected chi connectivity index (χ1v) is 4.40. The molecule has 78 valence electrons. The van der Waals surface area contributed by atoms with E-state index < -0.39 is 0 Å². The van der Waals surface area contributed by atoms with Crippen LogP contribution in [0.5, 0.6) is 0 Å². The molecule has 2 aromatic rings. The SMILES string of the molecule is Cn1cnnc1CNc1ncc(N)cn1. The van der Waals surface area contributed by atoms with Crippen LogP contribution in [-0.2, 0) is 13.6 Å². The van der Waals surface area contributed by atoms with Gasteiger partial charge in [-0.15, -0.1) is 10.2 Å². The van der Waals surface area contributed by atoms with Gasteiger partial charge in [-0.25, -0.2) is 9.97 Å². The van der Waals surface area contributed by atoms with Crippen LogP contribution in [0.25, 0.3) is 0 Å². The van der Waals surface area contributed by atoms with E-state index in [1.165, 1.54) is 0 Å². The standard InChI is InChI=1S/C8H11N7/c1-15-5-13-14-7(15)4-12-8-10-2-6(9)3-11-8/h2-3,5H,4,9H2,1H3,(H,10,11,12). The average molecular weight is 205 g/mol. The van der Waals surface area contributed by atoms with Gasteiger partial charge in [-0.1, -0.05) is 0 Å². The third-order valence-electron chi connectivity index (χ3n) is 1.88. The largest absolute Gasteiger partial charge is 0.396 e. The molecule has 0 aliphatic rings. The first-order chi connectivity index (χ1) is 7.25. The van der Waals surface area contributed by atoms with Gasteiger partial charge in [0.25, 0.3) is 0 Å². The number of aryl methyl sites for hydroxylation is 1. The lowest BCUT2D eigenvalue weighted by Crippen LogP contribution is -2.08. The summed E-state index contributed by atoms with van der Waals surface area (Å²) in [5, 5.41) is 10.7. The van der Waals surface area contributed by atoms with Crippen molar-refractivity contribution in [1.82, 2.24) is 24.7 Å². The Morgan fingerprint density at radius 1 is 1.40 bits per heavy atom. The van der Waals surface area contributed by atoms with Crippen molar-refractivity contribution in [3.05, 3.63) is 24.5 Å². The maximum absolute atomic E-state index is 5.46. The summed E-state index contributed by atoms with van der Waals surface area (Å²) in [6.45, 7) is 0.528. The van der Waals surface area contributed by atoms with Crippen LogP contribution < -0.4 is 11.1 Å². The van der Waals surface area contributed by atoms with Crippen molar-refractivity contribution in [2.75, 3.05) is 11.1 Å². The minimum Gasteiger partial charge on any atom is -0.396 e. The smallest absolute Gasteiger partial charge is 0.223 e. The number of nitrogens with one attached hydrogen (secondary N) is 1. The van der Waals surface area contributed by atoms with E-state index in [-0.39, 0.29) is 0 Å². The van der Waals surface area contributed by atoms with Crippen molar-refractivity contribution in [1.29, 1.82) is 0 Å². The summed E-state index contributed by atoms with van der Waals surface area (Å²) in [5.41, 5.74) is 6.00. The summed E-state index contributed by atoms with van der Waals surface area (Å²) in [6, 6.07) is 0. The van der Waals surface area contributed by atoms with E-state index in [0.717, 1.165) is 5.82 Å². The van der Waals surface area contributed by atoms with Crippen LogP contribution in [-0.4, -0.2) is 24.7 Å². The van der Waals surface area contributed by atoms with Crippen molar-refractivity contribution in [3.63, 3.8) is 0 Å². The number of anilines is 2. The Labute approximate surface area is 86.4 Å². The van der Waals surface area contributed by atoms with Crippen molar-refractivity contribution >= 4 is 11.6 Å². The lowest BCUT2D eigenvalue weighted by Gasteiger charge is -2.03. The Balaban J connectivity index is 1.99. The molecule has 0 unspecified atom stereocenters. The van der Waals surface area contributed by atoms with E-state index in [0.29, 0.717) is 18.2 Å². The molecule has 0 saturated carbocycles. The Hall–Kier alpha value is -2.18. The van der Waals surface area contributed by atoms with Crippen molar-refractivity contribution < 1.29 is 0 Å². The van der Waals surface area contributed by atoms with Crippen LogP contribution in [0, 0.1) is 0 Å². The van der Waals surface area contributed by atoms with Gasteiger partial charge in [-0.05, 0) is 0 Å². The highest BCUT2D eigenvalue weighted by Crippen LogP contribution is 2.02. The Bertz CT molecular complexity index is 433. The molecule has 2 rings (SSSR count). The average Bonchev–Trinajstić information content (AvgIpc) is 2.63. The minimum absolute atomic E-state index is 0.521. The zero-order chi connectivity index (χ0) is 10.7. The predicted molar refractivity (Wildman–Crippen MR) is 54.8 cm³/mol. The third kappa shape index (κ3) is 2.19. The molecule has 15 heavy (non-hydrogen) atoms. The minimum atomic E-state index is 0.521. The lowest BCUT2D eigenvalue weighted by atomic mass is 10.5. The second-order valence-electron chi connectivity index (χ2n) is 3.05. The number of rotatable bonds is 3. The summed E-state index contributed by atoms with van der Waals surface area (Å²) >= 11 is 0. The van der Waals surface area contributed by atoms with E-state index in [2.05, 4.69) is 25.5 Å². The summed E-state index contributed by atoms with van der Waals surface area (Å²) in [6.07, 6.45) is 4.73. The maximum atomic E-state index is 5.46. The van der Waals surface area contributed by atoms with Crippen molar-refractivity contribution in [3.8, 4) is 0 Å².